The predicted octanol–water partition coefficient (Wildman–Crippen LogP) is 1.71. The molecule has 9 heteroatoms. The van der Waals surface area contributed by atoms with E-state index in [4.69, 9.17) is 4.74 Å². The maximum absolute atomic E-state index is 12.9. The summed E-state index contributed by atoms with van der Waals surface area (Å²) in [6.45, 7) is 0.183. The minimum atomic E-state index is -4.77. The number of carboxylic acid groups (broad SMARTS) is 1. The number of aromatic nitrogens is 1. The van der Waals surface area contributed by atoms with Gasteiger partial charge in [0.25, 0.3) is 5.91 Å². The largest absolute Gasteiger partial charge is 0.481 e. The van der Waals surface area contributed by atoms with Crippen molar-refractivity contribution in [2.45, 2.75) is 19.0 Å². The number of aliphatic carboxylic acids is 1. The lowest BCUT2D eigenvalue weighted by atomic mass is 9.80. The van der Waals surface area contributed by atoms with Crippen LogP contribution in [0.25, 0.3) is 0 Å². The van der Waals surface area contributed by atoms with Crippen LogP contribution in [0.1, 0.15) is 28.9 Å². The lowest BCUT2D eigenvalue weighted by Crippen LogP contribution is -2.46. The van der Waals surface area contributed by atoms with Gasteiger partial charge in [0.2, 0.25) is 0 Å². The van der Waals surface area contributed by atoms with E-state index < -0.39 is 34.7 Å². The van der Waals surface area contributed by atoms with E-state index in [2.05, 4.69) is 10.3 Å². The van der Waals surface area contributed by atoms with E-state index in [-0.39, 0.29) is 32.6 Å². The molecule has 1 aromatic heterocycles. The van der Waals surface area contributed by atoms with Crippen LogP contribution in [0.5, 0.6) is 0 Å². The Balaban J connectivity index is 2.15. The summed E-state index contributed by atoms with van der Waals surface area (Å²) in [5.74, 6) is -2.11. The highest BCUT2D eigenvalue weighted by atomic mass is 19.4. The zero-order valence-corrected chi connectivity index (χ0v) is 12.0. The number of nitrogens with one attached hydrogen (secondary N) is 1. The van der Waals surface area contributed by atoms with Gasteiger partial charge in [0.1, 0.15) is 0 Å². The number of nitrogens with zero attached hydrogens (tertiary/aromatic N) is 1. The normalized spacial score (nSPS) is 17.5. The van der Waals surface area contributed by atoms with Gasteiger partial charge in [0, 0.05) is 26.0 Å². The van der Waals surface area contributed by atoms with Crippen LogP contribution in [0, 0.1) is 5.41 Å². The summed E-state index contributed by atoms with van der Waals surface area (Å²) in [5, 5.41) is 11.6. The molecule has 0 bridgehead atoms. The number of alkyl halides is 3. The second kappa shape index (κ2) is 6.53. The van der Waals surface area contributed by atoms with Crippen LogP contribution in [-0.4, -0.2) is 41.7 Å². The average molecular weight is 332 g/mol. The van der Waals surface area contributed by atoms with Crippen LogP contribution in [0.2, 0.25) is 0 Å². The molecule has 1 aliphatic heterocycles. The maximum Gasteiger partial charge on any atom is 0.434 e. The fourth-order valence-corrected chi connectivity index (χ4v) is 2.39. The first-order valence-corrected chi connectivity index (χ1v) is 6.88. The summed E-state index contributed by atoms with van der Waals surface area (Å²) in [6, 6.07) is 2.22. The van der Waals surface area contributed by atoms with Crippen molar-refractivity contribution < 1.29 is 32.6 Å². The summed E-state index contributed by atoms with van der Waals surface area (Å²) in [4.78, 5) is 26.7. The molecule has 0 aliphatic carbocycles. The van der Waals surface area contributed by atoms with E-state index in [9.17, 15) is 27.9 Å². The molecular weight excluding hydrogens is 317 g/mol. The van der Waals surface area contributed by atoms with E-state index >= 15 is 0 Å². The number of halogens is 3. The molecule has 2 N–H and O–H groups in total. The lowest BCUT2D eigenvalue weighted by molar-refractivity contribution is -0.154. The van der Waals surface area contributed by atoms with Crippen molar-refractivity contribution in [1.82, 2.24) is 10.3 Å². The van der Waals surface area contributed by atoms with Gasteiger partial charge in [0.15, 0.2) is 5.69 Å². The number of carbonyl (C=O) groups excluding carboxylic acids is 1. The third-order valence-electron chi connectivity index (χ3n) is 3.81. The van der Waals surface area contributed by atoms with Crippen molar-refractivity contribution in [1.29, 1.82) is 0 Å². The molecule has 1 amide bonds. The minimum absolute atomic E-state index is 0.182. The van der Waals surface area contributed by atoms with Crippen molar-refractivity contribution in [2.75, 3.05) is 19.8 Å². The van der Waals surface area contributed by atoms with Crippen LogP contribution in [0.15, 0.2) is 18.3 Å². The number of carbonyl (C=O) groups is 2. The highest BCUT2D eigenvalue weighted by molar-refractivity contribution is 5.95. The second-order valence-electron chi connectivity index (χ2n) is 5.28. The first-order valence-electron chi connectivity index (χ1n) is 6.88. The molecule has 0 aromatic carbocycles. The minimum Gasteiger partial charge on any atom is -0.481 e. The molecule has 1 saturated heterocycles. The van der Waals surface area contributed by atoms with E-state index in [1.807, 2.05) is 0 Å². The van der Waals surface area contributed by atoms with Crippen molar-refractivity contribution in [3.05, 3.63) is 29.6 Å². The third kappa shape index (κ3) is 3.79. The van der Waals surface area contributed by atoms with Gasteiger partial charge in [0.05, 0.1) is 11.0 Å². The highest BCUT2D eigenvalue weighted by Crippen LogP contribution is 2.32. The molecule has 1 aliphatic rings. The molecule has 126 valence electrons. The first kappa shape index (κ1) is 17.2. The highest BCUT2D eigenvalue weighted by Gasteiger charge is 2.41. The maximum atomic E-state index is 12.9. The molecule has 1 fully saturated rings. The van der Waals surface area contributed by atoms with Gasteiger partial charge >= 0.3 is 12.1 Å². The van der Waals surface area contributed by atoms with Crippen LogP contribution in [0.4, 0.5) is 13.2 Å². The molecule has 23 heavy (non-hydrogen) atoms. The van der Waals surface area contributed by atoms with Gasteiger partial charge in [-0.25, -0.2) is 0 Å². The molecule has 0 saturated carbocycles. The quantitative estimate of drug-likeness (QED) is 0.876. The number of rotatable bonds is 4. The topological polar surface area (TPSA) is 88.5 Å². The number of ether oxygens (including phenoxy) is 1. The Kier molecular flexibility index (Phi) is 4.88. The molecule has 2 heterocycles. The Morgan fingerprint density at radius 1 is 1.35 bits per heavy atom. The summed E-state index contributed by atoms with van der Waals surface area (Å²) < 4.78 is 43.7. The molecule has 0 atom stereocenters. The summed E-state index contributed by atoms with van der Waals surface area (Å²) in [5.41, 5.74) is -3.16. The molecular formula is C14H15F3N2O4. The number of hydrogen-bond acceptors (Lipinski definition) is 4. The number of pyridine rings is 1. The van der Waals surface area contributed by atoms with Crippen molar-refractivity contribution in [2.24, 2.45) is 5.41 Å². The van der Waals surface area contributed by atoms with Gasteiger partial charge in [-0.15, -0.1) is 0 Å². The van der Waals surface area contributed by atoms with Gasteiger partial charge in [-0.3, -0.25) is 14.6 Å². The van der Waals surface area contributed by atoms with E-state index in [1.165, 1.54) is 6.07 Å². The zero-order valence-electron chi connectivity index (χ0n) is 12.0. The van der Waals surface area contributed by atoms with E-state index in [0.717, 1.165) is 12.3 Å². The van der Waals surface area contributed by atoms with Gasteiger partial charge in [-0.2, -0.15) is 13.2 Å². The van der Waals surface area contributed by atoms with Gasteiger partial charge < -0.3 is 15.2 Å². The Hall–Kier alpha value is -2.16. The molecule has 0 unspecified atom stereocenters. The van der Waals surface area contributed by atoms with E-state index in [0.29, 0.717) is 0 Å². The molecule has 1 aromatic rings. The second-order valence-corrected chi connectivity index (χ2v) is 5.28. The Morgan fingerprint density at radius 3 is 2.57 bits per heavy atom. The Bertz CT molecular complexity index is 598. The Labute approximate surface area is 129 Å². The number of hydrogen-bond donors (Lipinski definition) is 2. The van der Waals surface area contributed by atoms with Crippen LogP contribution < -0.4 is 5.32 Å². The summed E-state index contributed by atoms with van der Waals surface area (Å²) in [6.07, 6.45) is -3.46. The van der Waals surface area contributed by atoms with Crippen LogP contribution in [-0.2, 0) is 15.7 Å². The first-order chi connectivity index (χ1) is 10.8. The third-order valence-corrected chi connectivity index (χ3v) is 3.81. The molecule has 0 spiro atoms. The zero-order chi connectivity index (χ0) is 17.1. The summed E-state index contributed by atoms with van der Waals surface area (Å²) in [7, 11) is 0. The number of carboxylic acids is 1. The number of amides is 1. The van der Waals surface area contributed by atoms with Crippen molar-refractivity contribution in [3.63, 3.8) is 0 Å². The smallest absolute Gasteiger partial charge is 0.434 e. The fourth-order valence-electron chi connectivity index (χ4n) is 2.39. The SMILES string of the molecule is O=C(NCC1(C(=O)O)CCOCC1)c1cccnc1C(F)(F)F. The summed E-state index contributed by atoms with van der Waals surface area (Å²) >= 11 is 0. The average Bonchev–Trinajstić information content (AvgIpc) is 2.52. The standard InChI is InChI=1S/C14H15F3N2O4/c15-14(16,17)10-9(2-1-5-18-10)11(20)19-8-13(12(21)22)3-6-23-7-4-13/h1-2,5H,3-4,6-8H2,(H,19,20)(H,21,22). The predicted molar refractivity (Wildman–Crippen MR) is 71.7 cm³/mol. The molecule has 6 nitrogen and oxygen atoms in total. The van der Waals surface area contributed by atoms with Gasteiger partial charge in [-0.1, -0.05) is 0 Å². The fraction of sp³-hybridized carbons (Fsp3) is 0.500. The van der Waals surface area contributed by atoms with Crippen molar-refractivity contribution in [3.8, 4) is 0 Å². The monoisotopic (exact) mass is 332 g/mol. The van der Waals surface area contributed by atoms with Crippen LogP contribution in [0.3, 0.4) is 0 Å². The molecule has 2 rings (SSSR count). The van der Waals surface area contributed by atoms with Gasteiger partial charge in [-0.05, 0) is 25.0 Å². The Morgan fingerprint density at radius 2 is 2.00 bits per heavy atom. The lowest BCUT2D eigenvalue weighted by Gasteiger charge is -2.33. The molecule has 0 radical (unpaired) electrons. The van der Waals surface area contributed by atoms with Crippen LogP contribution >= 0.6 is 0 Å². The van der Waals surface area contributed by atoms with Crippen molar-refractivity contribution >= 4 is 11.9 Å². The van der Waals surface area contributed by atoms with E-state index in [1.54, 1.807) is 0 Å².